The van der Waals surface area contributed by atoms with E-state index in [-0.39, 0.29) is 5.97 Å². The molecule has 0 amide bonds. The molecule has 3 aromatic carbocycles. The lowest BCUT2D eigenvalue weighted by atomic mass is 10.1. The van der Waals surface area contributed by atoms with Crippen molar-refractivity contribution in [3.8, 4) is 17.2 Å². The van der Waals surface area contributed by atoms with Crippen molar-refractivity contribution < 1.29 is 28.5 Å². The van der Waals surface area contributed by atoms with Crippen LogP contribution >= 0.6 is 0 Å². The van der Waals surface area contributed by atoms with Crippen molar-refractivity contribution in [3.05, 3.63) is 90.0 Å². The van der Waals surface area contributed by atoms with E-state index in [1.165, 1.54) is 7.11 Å². The van der Waals surface area contributed by atoms with Crippen LogP contribution in [0.15, 0.2) is 78.9 Å². The first-order chi connectivity index (χ1) is 16.7. The summed E-state index contributed by atoms with van der Waals surface area (Å²) >= 11 is 0. The Morgan fingerprint density at radius 3 is 1.85 bits per heavy atom. The summed E-state index contributed by atoms with van der Waals surface area (Å²) in [4.78, 5) is 11.9. The lowest BCUT2D eigenvalue weighted by Crippen LogP contribution is -2.27. The number of ether oxygens (including phenoxy) is 5. The normalized spacial score (nSPS) is 11.5. The molecule has 0 aromatic heterocycles. The maximum atomic E-state index is 11.9. The van der Waals surface area contributed by atoms with Gasteiger partial charge in [0.15, 0.2) is 6.10 Å². The van der Waals surface area contributed by atoms with Crippen LogP contribution in [0.3, 0.4) is 0 Å². The van der Waals surface area contributed by atoms with E-state index in [0.717, 1.165) is 34.8 Å². The number of carbonyl (C=O) groups is 1. The number of methoxy groups -OCH3 is 1. The molecule has 0 radical (unpaired) electrons. The van der Waals surface area contributed by atoms with Gasteiger partial charge in [-0.1, -0.05) is 42.5 Å². The van der Waals surface area contributed by atoms with E-state index in [0.29, 0.717) is 32.8 Å². The van der Waals surface area contributed by atoms with Gasteiger partial charge in [-0.25, -0.2) is 4.79 Å². The number of rotatable bonds is 14. The highest BCUT2D eigenvalue weighted by Gasteiger charge is 2.19. The van der Waals surface area contributed by atoms with Crippen molar-refractivity contribution in [3.63, 3.8) is 0 Å². The van der Waals surface area contributed by atoms with Crippen molar-refractivity contribution in [2.75, 3.05) is 26.9 Å². The number of esters is 1. The van der Waals surface area contributed by atoms with Gasteiger partial charge in [0.1, 0.15) is 23.9 Å². The highest BCUT2D eigenvalue weighted by Crippen LogP contribution is 2.19. The van der Waals surface area contributed by atoms with Gasteiger partial charge >= 0.3 is 5.97 Å². The summed E-state index contributed by atoms with van der Waals surface area (Å²) in [7, 11) is 1.51. The fourth-order valence-corrected chi connectivity index (χ4v) is 3.25. The molecule has 1 atom stereocenters. The van der Waals surface area contributed by atoms with E-state index in [1.54, 1.807) is 6.92 Å². The largest absolute Gasteiger partial charge is 0.493 e. The molecule has 3 aromatic rings. The molecule has 0 aliphatic rings. The molecular weight excluding hydrogens is 432 g/mol. The minimum Gasteiger partial charge on any atom is -0.493 e. The average molecular weight is 465 g/mol. The maximum absolute atomic E-state index is 11.9. The molecule has 0 fully saturated rings. The predicted octanol–water partition coefficient (Wildman–Crippen LogP) is 5.23. The minimum absolute atomic E-state index is 0.337. The molecule has 6 nitrogen and oxygen atoms in total. The molecule has 0 aliphatic carbocycles. The summed E-state index contributed by atoms with van der Waals surface area (Å²) in [6.07, 6.45) is 0.607. The fraction of sp³-hybridized carbons (Fsp3) is 0.321. The van der Waals surface area contributed by atoms with Crippen LogP contribution in [0, 0.1) is 0 Å². The number of benzene rings is 3. The predicted molar refractivity (Wildman–Crippen MR) is 130 cm³/mol. The third-order valence-corrected chi connectivity index (χ3v) is 5.08. The van der Waals surface area contributed by atoms with Crippen molar-refractivity contribution >= 4 is 5.97 Å². The second-order valence-corrected chi connectivity index (χ2v) is 7.62. The summed E-state index contributed by atoms with van der Waals surface area (Å²) in [6.45, 7) is 3.75. The molecule has 0 spiro atoms. The molecule has 6 heteroatoms. The zero-order valence-electron chi connectivity index (χ0n) is 19.8. The Balaban J connectivity index is 1.32. The third-order valence-electron chi connectivity index (χ3n) is 5.08. The van der Waals surface area contributed by atoms with Gasteiger partial charge in [0.05, 0.1) is 19.8 Å². The minimum atomic E-state index is -0.603. The smallest absolute Gasteiger partial charge is 0.335 e. The first-order valence-corrected chi connectivity index (χ1v) is 11.5. The number of hydrogen-bond acceptors (Lipinski definition) is 6. The number of hydrogen-bond donors (Lipinski definition) is 0. The second kappa shape index (κ2) is 13.9. The Labute approximate surface area is 201 Å². The molecule has 0 aliphatic heterocycles. The Bertz CT molecular complexity index is 970. The zero-order chi connectivity index (χ0) is 24.0. The quantitative estimate of drug-likeness (QED) is 0.240. The molecule has 0 saturated carbocycles. The van der Waals surface area contributed by atoms with E-state index in [9.17, 15) is 4.79 Å². The standard InChI is InChI=1S/C28H32O6/c1-3-31-28(29)27(30-2)20-22-10-12-24(13-11-22)32-18-7-19-33-25-14-16-26(17-15-25)34-21-23-8-5-4-6-9-23/h4-6,8-17,27H,3,7,18-21H2,1-2H3/t27-/m0/s1. The summed E-state index contributed by atoms with van der Waals surface area (Å²) < 4.78 is 27.6. The summed E-state index contributed by atoms with van der Waals surface area (Å²) in [6, 6.07) is 25.3. The van der Waals surface area contributed by atoms with Crippen LogP contribution in [-0.2, 0) is 27.3 Å². The van der Waals surface area contributed by atoms with Crippen LogP contribution in [0.5, 0.6) is 17.2 Å². The first kappa shape index (κ1) is 25.1. The van der Waals surface area contributed by atoms with E-state index in [4.69, 9.17) is 23.7 Å². The van der Waals surface area contributed by atoms with E-state index < -0.39 is 6.10 Å². The lowest BCUT2D eigenvalue weighted by Gasteiger charge is -2.14. The fourth-order valence-electron chi connectivity index (χ4n) is 3.25. The molecule has 0 saturated heterocycles. The Hall–Kier alpha value is -3.51. The Morgan fingerprint density at radius 2 is 1.29 bits per heavy atom. The van der Waals surface area contributed by atoms with Gasteiger partial charge in [-0.2, -0.15) is 0 Å². The van der Waals surface area contributed by atoms with Gasteiger partial charge in [-0.15, -0.1) is 0 Å². The van der Waals surface area contributed by atoms with Gasteiger partial charge in [0.2, 0.25) is 0 Å². The Kier molecular flexibility index (Phi) is 10.3. The first-order valence-electron chi connectivity index (χ1n) is 11.5. The van der Waals surface area contributed by atoms with Gasteiger partial charge in [0, 0.05) is 20.0 Å². The summed E-state index contributed by atoms with van der Waals surface area (Å²) in [5.74, 6) is 2.03. The second-order valence-electron chi connectivity index (χ2n) is 7.62. The highest BCUT2D eigenvalue weighted by atomic mass is 16.6. The molecule has 3 rings (SSSR count). The van der Waals surface area contributed by atoms with Crippen LogP contribution in [0.2, 0.25) is 0 Å². The lowest BCUT2D eigenvalue weighted by molar-refractivity contribution is -0.154. The molecule has 0 heterocycles. The van der Waals surface area contributed by atoms with Gasteiger partial charge < -0.3 is 23.7 Å². The molecular formula is C28H32O6. The van der Waals surface area contributed by atoms with Crippen molar-refractivity contribution in [2.24, 2.45) is 0 Å². The van der Waals surface area contributed by atoms with Crippen molar-refractivity contribution in [2.45, 2.75) is 32.5 Å². The van der Waals surface area contributed by atoms with E-state index >= 15 is 0 Å². The molecule has 0 unspecified atom stereocenters. The molecule has 180 valence electrons. The zero-order valence-corrected chi connectivity index (χ0v) is 19.8. The van der Waals surface area contributed by atoms with Crippen LogP contribution < -0.4 is 14.2 Å². The highest BCUT2D eigenvalue weighted by molar-refractivity contribution is 5.75. The SMILES string of the molecule is CCOC(=O)[C@H](Cc1ccc(OCCCOc2ccc(OCc3ccccc3)cc2)cc1)OC. The van der Waals surface area contributed by atoms with Crippen LogP contribution in [0.1, 0.15) is 24.5 Å². The van der Waals surface area contributed by atoms with Gasteiger partial charge in [-0.3, -0.25) is 0 Å². The summed E-state index contributed by atoms with van der Waals surface area (Å²) in [5.41, 5.74) is 2.11. The van der Waals surface area contributed by atoms with E-state index in [1.807, 2.05) is 78.9 Å². The van der Waals surface area contributed by atoms with Crippen LogP contribution in [0.25, 0.3) is 0 Å². The Morgan fingerprint density at radius 1 is 0.735 bits per heavy atom. The van der Waals surface area contributed by atoms with Gasteiger partial charge in [-0.05, 0) is 54.4 Å². The van der Waals surface area contributed by atoms with Crippen LogP contribution in [-0.4, -0.2) is 39.0 Å². The monoisotopic (exact) mass is 464 g/mol. The van der Waals surface area contributed by atoms with Crippen LogP contribution in [0.4, 0.5) is 0 Å². The maximum Gasteiger partial charge on any atom is 0.335 e. The summed E-state index contributed by atoms with van der Waals surface area (Å²) in [5, 5.41) is 0. The van der Waals surface area contributed by atoms with E-state index in [2.05, 4.69) is 0 Å². The molecule has 0 N–H and O–H groups in total. The topological polar surface area (TPSA) is 63.2 Å². The molecule has 34 heavy (non-hydrogen) atoms. The third kappa shape index (κ3) is 8.45. The van der Waals surface area contributed by atoms with Gasteiger partial charge in [0.25, 0.3) is 0 Å². The average Bonchev–Trinajstić information content (AvgIpc) is 2.88. The van der Waals surface area contributed by atoms with Crippen molar-refractivity contribution in [1.29, 1.82) is 0 Å². The van der Waals surface area contributed by atoms with Crippen molar-refractivity contribution in [1.82, 2.24) is 0 Å². The molecule has 0 bridgehead atoms. The number of carbonyl (C=O) groups excluding carboxylic acids is 1.